The molecule has 8 heteroatoms. The molecule has 1 unspecified atom stereocenters. The monoisotopic (exact) mass is 553 g/mol. The third-order valence-corrected chi connectivity index (χ3v) is 6.81. The molecule has 41 heavy (non-hydrogen) atoms. The second-order valence-electron chi connectivity index (χ2n) is 9.78. The zero-order valence-electron chi connectivity index (χ0n) is 22.3. The van der Waals surface area contributed by atoms with Gasteiger partial charge in [0.05, 0.1) is 17.1 Å². The van der Waals surface area contributed by atoms with Crippen LogP contribution in [0.5, 0.6) is 0 Å². The minimum absolute atomic E-state index is 0.167. The highest BCUT2D eigenvalue weighted by molar-refractivity contribution is 6.08. The lowest BCUT2D eigenvalue weighted by molar-refractivity contribution is -0.137. The van der Waals surface area contributed by atoms with Crippen LogP contribution in [0.25, 0.3) is 22.0 Å². The van der Waals surface area contributed by atoms with E-state index in [0.717, 1.165) is 28.6 Å². The number of aromatic nitrogens is 1. The highest BCUT2D eigenvalue weighted by atomic mass is 19.4. The van der Waals surface area contributed by atoms with E-state index in [0.29, 0.717) is 33.6 Å². The van der Waals surface area contributed by atoms with E-state index >= 15 is 0 Å². The number of hydrogen-bond donors (Lipinski definition) is 2. The average Bonchev–Trinajstić information content (AvgIpc) is 2.96. The molecule has 2 amide bonds. The number of anilines is 1. The number of benzene rings is 4. The second kappa shape index (κ2) is 11.3. The molecule has 0 spiro atoms. The molecule has 0 saturated heterocycles. The topological polar surface area (TPSA) is 71.1 Å². The predicted octanol–water partition coefficient (Wildman–Crippen LogP) is 7.97. The predicted molar refractivity (Wildman–Crippen MR) is 154 cm³/mol. The normalized spacial score (nSPS) is 12.1. The van der Waals surface area contributed by atoms with Crippen molar-refractivity contribution in [3.63, 3.8) is 0 Å². The SMILES string of the molecule is Cc1ccc(C(C)NC(=O)c2ccc3nc(NC(=O)c4ccccc4-c4ccc(C(F)(F)F)cc4)ccc3c2)cc1. The second-order valence-corrected chi connectivity index (χ2v) is 9.78. The van der Waals surface area contributed by atoms with E-state index in [9.17, 15) is 22.8 Å². The Morgan fingerprint density at radius 1 is 0.805 bits per heavy atom. The van der Waals surface area contributed by atoms with Crippen LogP contribution in [-0.2, 0) is 6.18 Å². The van der Waals surface area contributed by atoms with E-state index in [1.165, 1.54) is 12.1 Å². The van der Waals surface area contributed by atoms with Crippen molar-refractivity contribution >= 4 is 28.5 Å². The standard InChI is InChI=1S/C33H26F3N3O2/c1-20-7-9-22(10-8-20)21(2)37-31(40)25-13-17-29-24(19-25)14-18-30(38-29)39-32(41)28-6-4-3-5-27(28)23-11-15-26(16-12-23)33(34,35)36/h3-19,21H,1-2H3,(H,37,40)(H,38,39,41). The molecule has 0 aliphatic heterocycles. The van der Waals surface area contributed by atoms with Gasteiger partial charge in [-0.3, -0.25) is 9.59 Å². The average molecular weight is 554 g/mol. The number of nitrogens with one attached hydrogen (secondary N) is 2. The third kappa shape index (κ3) is 6.27. The lowest BCUT2D eigenvalue weighted by Gasteiger charge is -2.15. The number of hydrogen-bond acceptors (Lipinski definition) is 3. The fraction of sp³-hybridized carbons (Fsp3) is 0.121. The number of rotatable bonds is 6. The maximum Gasteiger partial charge on any atom is 0.416 e. The molecule has 4 aromatic carbocycles. The van der Waals surface area contributed by atoms with Crippen molar-refractivity contribution in [1.82, 2.24) is 10.3 Å². The Morgan fingerprint density at radius 3 is 2.22 bits per heavy atom. The summed E-state index contributed by atoms with van der Waals surface area (Å²) in [6.07, 6.45) is -4.44. The number of carbonyl (C=O) groups is 2. The molecule has 1 heterocycles. The van der Waals surface area contributed by atoms with Crippen LogP contribution >= 0.6 is 0 Å². The molecule has 0 saturated carbocycles. The molecule has 0 bridgehead atoms. The molecule has 206 valence electrons. The van der Waals surface area contributed by atoms with Crippen molar-refractivity contribution in [2.75, 3.05) is 5.32 Å². The van der Waals surface area contributed by atoms with Crippen LogP contribution in [0.1, 0.15) is 50.4 Å². The molecule has 0 aliphatic rings. The molecular formula is C33H26F3N3O2. The van der Waals surface area contributed by atoms with Crippen molar-refractivity contribution in [2.45, 2.75) is 26.1 Å². The Balaban J connectivity index is 1.31. The smallest absolute Gasteiger partial charge is 0.346 e. The molecular weight excluding hydrogens is 527 g/mol. The van der Waals surface area contributed by atoms with E-state index in [4.69, 9.17) is 0 Å². The van der Waals surface area contributed by atoms with Crippen molar-refractivity contribution in [3.05, 3.63) is 131 Å². The molecule has 5 rings (SSSR count). The van der Waals surface area contributed by atoms with Gasteiger partial charge in [0.1, 0.15) is 5.82 Å². The van der Waals surface area contributed by atoms with Gasteiger partial charge < -0.3 is 10.6 Å². The first kappa shape index (κ1) is 27.6. The first-order chi connectivity index (χ1) is 19.6. The summed E-state index contributed by atoms with van der Waals surface area (Å²) in [7, 11) is 0. The van der Waals surface area contributed by atoms with Crippen molar-refractivity contribution in [3.8, 4) is 11.1 Å². The van der Waals surface area contributed by atoms with Gasteiger partial charge in [0.25, 0.3) is 11.8 Å². The van der Waals surface area contributed by atoms with Crippen LogP contribution in [-0.4, -0.2) is 16.8 Å². The fourth-order valence-electron chi connectivity index (χ4n) is 4.51. The maximum atomic E-state index is 13.2. The molecule has 1 atom stereocenters. The zero-order chi connectivity index (χ0) is 29.1. The highest BCUT2D eigenvalue weighted by Gasteiger charge is 2.30. The van der Waals surface area contributed by atoms with Gasteiger partial charge in [-0.1, -0.05) is 60.2 Å². The first-order valence-electron chi connectivity index (χ1n) is 12.9. The van der Waals surface area contributed by atoms with Crippen molar-refractivity contribution < 1.29 is 22.8 Å². The van der Waals surface area contributed by atoms with Crippen LogP contribution in [0.15, 0.2) is 103 Å². The Morgan fingerprint density at radius 2 is 1.51 bits per heavy atom. The number of fused-ring (bicyclic) bond motifs is 1. The van der Waals surface area contributed by atoms with E-state index in [1.54, 1.807) is 54.6 Å². The lowest BCUT2D eigenvalue weighted by atomic mass is 9.98. The number of amides is 2. The molecule has 5 nitrogen and oxygen atoms in total. The Hall–Kier alpha value is -4.98. The van der Waals surface area contributed by atoms with Gasteiger partial charge in [-0.2, -0.15) is 13.2 Å². The van der Waals surface area contributed by atoms with E-state index < -0.39 is 17.6 Å². The number of nitrogens with zero attached hydrogens (tertiary/aromatic N) is 1. The Kier molecular flexibility index (Phi) is 7.57. The fourth-order valence-corrected chi connectivity index (χ4v) is 4.51. The number of aryl methyl sites for hydroxylation is 1. The summed E-state index contributed by atoms with van der Waals surface area (Å²) in [5, 5.41) is 6.51. The third-order valence-electron chi connectivity index (χ3n) is 6.81. The van der Waals surface area contributed by atoms with Crippen LogP contribution in [0.3, 0.4) is 0 Å². The molecule has 0 fully saturated rings. The van der Waals surface area contributed by atoms with E-state index in [2.05, 4.69) is 15.6 Å². The molecule has 2 N–H and O–H groups in total. The molecule has 5 aromatic rings. The molecule has 1 aromatic heterocycles. The summed E-state index contributed by atoms with van der Waals surface area (Å²) in [5.74, 6) is -0.361. The van der Waals surface area contributed by atoms with Gasteiger partial charge in [-0.15, -0.1) is 0 Å². The number of pyridine rings is 1. The van der Waals surface area contributed by atoms with Gasteiger partial charge in [-0.05, 0) is 79.1 Å². The number of carbonyl (C=O) groups excluding carboxylic acids is 2. The van der Waals surface area contributed by atoms with E-state index in [-0.39, 0.29) is 11.9 Å². The van der Waals surface area contributed by atoms with Crippen molar-refractivity contribution in [1.29, 1.82) is 0 Å². The molecule has 0 aliphatic carbocycles. The Labute approximate surface area is 235 Å². The van der Waals surface area contributed by atoms with Crippen LogP contribution in [0, 0.1) is 6.92 Å². The zero-order valence-corrected chi connectivity index (χ0v) is 22.3. The lowest BCUT2D eigenvalue weighted by Crippen LogP contribution is -2.26. The van der Waals surface area contributed by atoms with E-state index in [1.807, 2.05) is 38.1 Å². The van der Waals surface area contributed by atoms with Crippen molar-refractivity contribution in [2.24, 2.45) is 0 Å². The van der Waals surface area contributed by atoms with Gasteiger partial charge in [0, 0.05) is 16.5 Å². The van der Waals surface area contributed by atoms with Crippen LogP contribution < -0.4 is 10.6 Å². The number of halogens is 3. The minimum atomic E-state index is -4.44. The summed E-state index contributed by atoms with van der Waals surface area (Å²) in [5.41, 5.74) is 3.74. The van der Waals surface area contributed by atoms with Gasteiger partial charge in [-0.25, -0.2) is 4.98 Å². The maximum absolute atomic E-state index is 13.2. The summed E-state index contributed by atoms with van der Waals surface area (Å²) in [6, 6.07) is 27.7. The summed E-state index contributed by atoms with van der Waals surface area (Å²) in [4.78, 5) is 30.6. The minimum Gasteiger partial charge on any atom is -0.346 e. The number of alkyl halides is 3. The first-order valence-corrected chi connectivity index (χ1v) is 12.9. The molecule has 0 radical (unpaired) electrons. The van der Waals surface area contributed by atoms with Crippen LogP contribution in [0.4, 0.5) is 19.0 Å². The highest BCUT2D eigenvalue weighted by Crippen LogP contribution is 2.32. The van der Waals surface area contributed by atoms with Gasteiger partial charge in [0.15, 0.2) is 0 Å². The van der Waals surface area contributed by atoms with Gasteiger partial charge in [0.2, 0.25) is 0 Å². The quantitative estimate of drug-likeness (QED) is 0.224. The van der Waals surface area contributed by atoms with Gasteiger partial charge >= 0.3 is 6.18 Å². The summed E-state index contributed by atoms with van der Waals surface area (Å²) in [6.45, 7) is 3.94. The summed E-state index contributed by atoms with van der Waals surface area (Å²) < 4.78 is 38.9. The largest absolute Gasteiger partial charge is 0.416 e. The van der Waals surface area contributed by atoms with Crippen LogP contribution in [0.2, 0.25) is 0 Å². The summed E-state index contributed by atoms with van der Waals surface area (Å²) >= 11 is 0. The Bertz CT molecular complexity index is 1730.